The molecule has 0 aromatic heterocycles. The lowest BCUT2D eigenvalue weighted by atomic mass is 10.00. The Morgan fingerprint density at radius 1 is 1.11 bits per heavy atom. The highest BCUT2D eigenvalue weighted by molar-refractivity contribution is 5.25. The van der Waals surface area contributed by atoms with Crippen LogP contribution in [0.3, 0.4) is 0 Å². The summed E-state index contributed by atoms with van der Waals surface area (Å²) in [5, 5.41) is 10.1. The van der Waals surface area contributed by atoms with Gasteiger partial charge in [0.2, 0.25) is 0 Å². The lowest BCUT2D eigenvalue weighted by Gasteiger charge is -2.12. The number of aryl methyl sites for hydroxylation is 2. The van der Waals surface area contributed by atoms with Gasteiger partial charge in [0.15, 0.2) is 0 Å². The summed E-state index contributed by atoms with van der Waals surface area (Å²) in [7, 11) is 0. The molecule has 0 heterocycles. The smallest absolute Gasteiger partial charge is 0.123 e. The van der Waals surface area contributed by atoms with Crippen molar-refractivity contribution >= 4 is 0 Å². The van der Waals surface area contributed by atoms with Gasteiger partial charge in [-0.05, 0) is 48.6 Å². The average Bonchev–Trinajstić information content (AvgIpc) is 2.36. The summed E-state index contributed by atoms with van der Waals surface area (Å²) in [6, 6.07) is 14.7. The van der Waals surface area contributed by atoms with Crippen molar-refractivity contribution < 1.29 is 9.50 Å². The Balaban J connectivity index is 2.01. The second-order valence-electron chi connectivity index (χ2n) is 4.60. The van der Waals surface area contributed by atoms with E-state index in [1.54, 1.807) is 0 Å². The van der Waals surface area contributed by atoms with Gasteiger partial charge in [0.05, 0.1) is 6.10 Å². The molecule has 0 aliphatic rings. The number of hydrogen-bond acceptors (Lipinski definition) is 1. The van der Waals surface area contributed by atoms with Crippen LogP contribution in [-0.4, -0.2) is 5.11 Å². The first kappa shape index (κ1) is 12.8. The van der Waals surface area contributed by atoms with Gasteiger partial charge >= 0.3 is 0 Å². The van der Waals surface area contributed by atoms with Gasteiger partial charge in [-0.25, -0.2) is 4.39 Å². The van der Waals surface area contributed by atoms with Crippen molar-refractivity contribution in [1.82, 2.24) is 0 Å². The molecule has 2 aromatic rings. The number of aliphatic hydroxyl groups is 1. The number of halogens is 1. The normalized spacial score (nSPS) is 12.4. The van der Waals surface area contributed by atoms with Crippen LogP contribution in [0.1, 0.15) is 29.2 Å². The first-order valence-electron chi connectivity index (χ1n) is 6.14. The maximum Gasteiger partial charge on any atom is 0.123 e. The Morgan fingerprint density at radius 2 is 1.83 bits per heavy atom. The summed E-state index contributed by atoms with van der Waals surface area (Å²) < 4.78 is 13.2. The average molecular weight is 244 g/mol. The van der Waals surface area contributed by atoms with E-state index in [0.717, 1.165) is 12.0 Å². The molecule has 0 saturated carbocycles. The van der Waals surface area contributed by atoms with Gasteiger partial charge in [-0.2, -0.15) is 0 Å². The van der Waals surface area contributed by atoms with E-state index >= 15 is 0 Å². The Kier molecular flexibility index (Phi) is 4.11. The second-order valence-corrected chi connectivity index (χ2v) is 4.60. The zero-order valence-electron chi connectivity index (χ0n) is 10.4. The van der Waals surface area contributed by atoms with Crippen molar-refractivity contribution in [3.05, 3.63) is 71.0 Å². The van der Waals surface area contributed by atoms with Crippen LogP contribution in [0, 0.1) is 12.7 Å². The summed E-state index contributed by atoms with van der Waals surface area (Å²) in [4.78, 5) is 0. The van der Waals surface area contributed by atoms with Crippen LogP contribution in [-0.2, 0) is 6.42 Å². The molecular formula is C16H17FO. The molecule has 0 bridgehead atoms. The fourth-order valence-corrected chi connectivity index (χ4v) is 2.07. The van der Waals surface area contributed by atoms with Crippen LogP contribution in [0.25, 0.3) is 0 Å². The molecule has 0 amide bonds. The fourth-order valence-electron chi connectivity index (χ4n) is 2.07. The van der Waals surface area contributed by atoms with Crippen LogP contribution >= 0.6 is 0 Å². The van der Waals surface area contributed by atoms with E-state index in [2.05, 4.69) is 0 Å². The van der Waals surface area contributed by atoms with Crippen molar-refractivity contribution in [2.75, 3.05) is 0 Å². The summed E-state index contributed by atoms with van der Waals surface area (Å²) in [5.41, 5.74) is 2.68. The van der Waals surface area contributed by atoms with Crippen LogP contribution in [0.4, 0.5) is 4.39 Å². The lowest BCUT2D eigenvalue weighted by molar-refractivity contribution is 0.167. The number of hydrogen-bond donors (Lipinski definition) is 1. The minimum absolute atomic E-state index is 0.288. The Morgan fingerprint density at radius 3 is 2.50 bits per heavy atom. The van der Waals surface area contributed by atoms with E-state index in [9.17, 15) is 9.50 Å². The maximum absolute atomic E-state index is 13.2. The third kappa shape index (κ3) is 3.41. The van der Waals surface area contributed by atoms with E-state index in [-0.39, 0.29) is 5.82 Å². The molecular weight excluding hydrogens is 227 g/mol. The molecule has 0 aliphatic carbocycles. The molecule has 0 spiro atoms. The molecule has 0 aliphatic heterocycles. The van der Waals surface area contributed by atoms with Crippen molar-refractivity contribution in [3.63, 3.8) is 0 Å². The van der Waals surface area contributed by atoms with Gasteiger partial charge in [0, 0.05) is 0 Å². The van der Waals surface area contributed by atoms with Gasteiger partial charge in [-0.3, -0.25) is 0 Å². The van der Waals surface area contributed by atoms with Gasteiger partial charge < -0.3 is 5.11 Å². The number of rotatable bonds is 4. The highest BCUT2D eigenvalue weighted by atomic mass is 19.1. The molecule has 0 saturated heterocycles. The molecule has 0 fully saturated rings. The molecule has 1 unspecified atom stereocenters. The van der Waals surface area contributed by atoms with E-state index in [0.29, 0.717) is 12.0 Å². The first-order chi connectivity index (χ1) is 8.65. The molecule has 18 heavy (non-hydrogen) atoms. The van der Waals surface area contributed by atoms with Crippen molar-refractivity contribution in [1.29, 1.82) is 0 Å². The van der Waals surface area contributed by atoms with Gasteiger partial charge in [0.25, 0.3) is 0 Å². The SMILES string of the molecule is Cc1cc(F)cc(C(O)CCc2ccccc2)c1. The van der Waals surface area contributed by atoms with E-state index in [1.165, 1.54) is 17.7 Å². The van der Waals surface area contributed by atoms with E-state index in [1.807, 2.05) is 43.3 Å². The summed E-state index contributed by atoms with van der Waals surface area (Å²) in [6.45, 7) is 1.83. The summed E-state index contributed by atoms with van der Waals surface area (Å²) in [6.07, 6.45) is 0.782. The number of benzene rings is 2. The maximum atomic E-state index is 13.2. The third-order valence-corrected chi connectivity index (χ3v) is 3.00. The van der Waals surface area contributed by atoms with Gasteiger partial charge in [-0.1, -0.05) is 36.4 Å². The predicted octanol–water partition coefficient (Wildman–Crippen LogP) is 3.80. The molecule has 0 radical (unpaired) electrons. The Labute approximate surface area is 107 Å². The molecule has 94 valence electrons. The lowest BCUT2D eigenvalue weighted by Crippen LogP contribution is -2.01. The largest absolute Gasteiger partial charge is 0.388 e. The highest BCUT2D eigenvalue weighted by Crippen LogP contribution is 2.21. The van der Waals surface area contributed by atoms with E-state index in [4.69, 9.17) is 0 Å². The quantitative estimate of drug-likeness (QED) is 0.867. The third-order valence-electron chi connectivity index (χ3n) is 3.00. The fraction of sp³-hybridized carbons (Fsp3) is 0.250. The zero-order chi connectivity index (χ0) is 13.0. The topological polar surface area (TPSA) is 20.2 Å². The minimum atomic E-state index is -0.611. The minimum Gasteiger partial charge on any atom is -0.388 e. The monoisotopic (exact) mass is 244 g/mol. The Hall–Kier alpha value is -1.67. The highest BCUT2D eigenvalue weighted by Gasteiger charge is 2.09. The van der Waals surface area contributed by atoms with Crippen molar-refractivity contribution in [3.8, 4) is 0 Å². The molecule has 1 atom stereocenters. The number of aliphatic hydroxyl groups excluding tert-OH is 1. The molecule has 2 rings (SSSR count). The van der Waals surface area contributed by atoms with Crippen LogP contribution in [0.2, 0.25) is 0 Å². The van der Waals surface area contributed by atoms with Gasteiger partial charge in [-0.15, -0.1) is 0 Å². The first-order valence-corrected chi connectivity index (χ1v) is 6.14. The van der Waals surface area contributed by atoms with Crippen LogP contribution in [0.5, 0.6) is 0 Å². The second kappa shape index (κ2) is 5.78. The van der Waals surface area contributed by atoms with Crippen LogP contribution < -0.4 is 0 Å². The molecule has 1 nitrogen and oxygen atoms in total. The standard InChI is InChI=1S/C16H17FO/c1-12-9-14(11-15(17)10-12)16(18)8-7-13-5-3-2-4-6-13/h2-6,9-11,16,18H,7-8H2,1H3. The van der Waals surface area contributed by atoms with Crippen molar-refractivity contribution in [2.45, 2.75) is 25.9 Å². The summed E-state index contributed by atoms with van der Waals surface area (Å²) >= 11 is 0. The van der Waals surface area contributed by atoms with Crippen LogP contribution in [0.15, 0.2) is 48.5 Å². The molecule has 2 heteroatoms. The Bertz CT molecular complexity index is 488. The molecule has 1 N–H and O–H groups in total. The van der Waals surface area contributed by atoms with E-state index < -0.39 is 6.10 Å². The van der Waals surface area contributed by atoms with Crippen molar-refractivity contribution in [2.24, 2.45) is 0 Å². The van der Waals surface area contributed by atoms with Gasteiger partial charge in [0.1, 0.15) is 5.82 Å². The summed E-state index contributed by atoms with van der Waals surface area (Å²) in [5.74, 6) is -0.288. The predicted molar refractivity (Wildman–Crippen MR) is 70.9 cm³/mol. The zero-order valence-corrected chi connectivity index (χ0v) is 10.4. The molecule has 2 aromatic carbocycles.